The molecule has 94 valence electrons. The standard InChI is InChI=1S/C14H18N4/c1-3-11-5-4-6-17-14(11)10-18-13-7-12(15-2)8-16-9-13/h4-9,15,18H,3,10H2,1-2H3. The number of aromatic nitrogens is 2. The fourth-order valence-corrected chi connectivity index (χ4v) is 1.81. The Bertz CT molecular complexity index is 511. The number of nitrogens with one attached hydrogen (secondary N) is 2. The van der Waals surface area contributed by atoms with Crippen LogP contribution in [-0.4, -0.2) is 17.0 Å². The van der Waals surface area contributed by atoms with E-state index in [0.717, 1.165) is 30.0 Å². The lowest BCUT2D eigenvalue weighted by atomic mass is 10.1. The summed E-state index contributed by atoms with van der Waals surface area (Å²) >= 11 is 0. The molecule has 2 aromatic heterocycles. The normalized spacial score (nSPS) is 10.1. The molecule has 2 rings (SSSR count). The molecule has 0 atom stereocenters. The van der Waals surface area contributed by atoms with E-state index >= 15 is 0 Å². The SMILES string of the molecule is CCc1cccnc1CNc1cncc(NC)c1. The van der Waals surface area contributed by atoms with Gasteiger partial charge in [0.05, 0.1) is 36.0 Å². The zero-order chi connectivity index (χ0) is 12.8. The summed E-state index contributed by atoms with van der Waals surface area (Å²) in [7, 11) is 1.88. The van der Waals surface area contributed by atoms with Gasteiger partial charge in [-0.1, -0.05) is 13.0 Å². The lowest BCUT2D eigenvalue weighted by molar-refractivity contribution is 0.970. The molecule has 4 nitrogen and oxygen atoms in total. The Kier molecular flexibility index (Phi) is 4.12. The Morgan fingerprint density at radius 1 is 1.22 bits per heavy atom. The summed E-state index contributed by atoms with van der Waals surface area (Å²) in [5.74, 6) is 0. The largest absolute Gasteiger partial charge is 0.387 e. The molecule has 0 saturated carbocycles. The number of aryl methyl sites for hydroxylation is 1. The monoisotopic (exact) mass is 242 g/mol. The Morgan fingerprint density at radius 3 is 2.83 bits per heavy atom. The Hall–Kier alpha value is -2.10. The second-order valence-electron chi connectivity index (χ2n) is 4.03. The molecule has 18 heavy (non-hydrogen) atoms. The highest BCUT2D eigenvalue weighted by Gasteiger charge is 2.01. The van der Waals surface area contributed by atoms with Crippen molar-refractivity contribution in [2.75, 3.05) is 17.7 Å². The smallest absolute Gasteiger partial charge is 0.0626 e. The highest BCUT2D eigenvalue weighted by atomic mass is 14.9. The number of hydrogen-bond acceptors (Lipinski definition) is 4. The molecule has 0 fully saturated rings. The maximum Gasteiger partial charge on any atom is 0.0626 e. The number of nitrogens with zero attached hydrogens (tertiary/aromatic N) is 2. The minimum atomic E-state index is 0.721. The average molecular weight is 242 g/mol. The third-order valence-electron chi connectivity index (χ3n) is 2.85. The van der Waals surface area contributed by atoms with Crippen LogP contribution in [0.3, 0.4) is 0 Å². The molecule has 0 spiro atoms. The van der Waals surface area contributed by atoms with Crippen molar-refractivity contribution >= 4 is 11.4 Å². The first-order valence-corrected chi connectivity index (χ1v) is 6.13. The Morgan fingerprint density at radius 2 is 2.06 bits per heavy atom. The minimum Gasteiger partial charge on any atom is -0.387 e. The van der Waals surface area contributed by atoms with Gasteiger partial charge >= 0.3 is 0 Å². The van der Waals surface area contributed by atoms with Gasteiger partial charge in [-0.05, 0) is 24.1 Å². The molecule has 0 radical (unpaired) electrons. The van der Waals surface area contributed by atoms with E-state index in [0.29, 0.717) is 0 Å². The van der Waals surface area contributed by atoms with E-state index in [-0.39, 0.29) is 0 Å². The van der Waals surface area contributed by atoms with Crippen LogP contribution in [0.25, 0.3) is 0 Å². The van der Waals surface area contributed by atoms with Crippen molar-refractivity contribution in [3.63, 3.8) is 0 Å². The molecule has 0 aromatic carbocycles. The van der Waals surface area contributed by atoms with E-state index in [4.69, 9.17) is 0 Å². The van der Waals surface area contributed by atoms with E-state index in [1.54, 1.807) is 6.20 Å². The van der Waals surface area contributed by atoms with Gasteiger partial charge in [0.15, 0.2) is 0 Å². The minimum absolute atomic E-state index is 0.721. The summed E-state index contributed by atoms with van der Waals surface area (Å²) in [6.07, 6.45) is 6.44. The van der Waals surface area contributed by atoms with Crippen molar-refractivity contribution in [3.8, 4) is 0 Å². The first-order chi connectivity index (χ1) is 8.83. The molecule has 4 heteroatoms. The molecule has 2 heterocycles. The van der Waals surface area contributed by atoms with Crippen molar-refractivity contribution in [1.82, 2.24) is 9.97 Å². The van der Waals surface area contributed by atoms with Crippen molar-refractivity contribution in [2.45, 2.75) is 19.9 Å². The summed E-state index contributed by atoms with van der Waals surface area (Å²) in [5.41, 5.74) is 4.36. The fraction of sp³-hybridized carbons (Fsp3) is 0.286. The number of pyridine rings is 2. The van der Waals surface area contributed by atoms with Crippen LogP contribution in [0.4, 0.5) is 11.4 Å². The first-order valence-electron chi connectivity index (χ1n) is 6.13. The number of rotatable bonds is 5. The Labute approximate surface area is 107 Å². The summed E-state index contributed by atoms with van der Waals surface area (Å²) in [4.78, 5) is 8.57. The van der Waals surface area contributed by atoms with Gasteiger partial charge in [0.2, 0.25) is 0 Å². The van der Waals surface area contributed by atoms with Crippen LogP contribution in [0.2, 0.25) is 0 Å². The fourth-order valence-electron chi connectivity index (χ4n) is 1.81. The third-order valence-corrected chi connectivity index (χ3v) is 2.85. The van der Waals surface area contributed by atoms with Crippen molar-refractivity contribution in [1.29, 1.82) is 0 Å². The van der Waals surface area contributed by atoms with E-state index in [1.165, 1.54) is 5.56 Å². The first kappa shape index (κ1) is 12.4. The van der Waals surface area contributed by atoms with Gasteiger partial charge in [0.25, 0.3) is 0 Å². The van der Waals surface area contributed by atoms with Gasteiger partial charge in [0, 0.05) is 13.2 Å². The molecule has 0 aliphatic heterocycles. The van der Waals surface area contributed by atoms with Crippen LogP contribution in [0.15, 0.2) is 36.8 Å². The molecule has 2 N–H and O–H groups in total. The van der Waals surface area contributed by atoms with Gasteiger partial charge in [-0.15, -0.1) is 0 Å². The molecule has 2 aromatic rings. The van der Waals surface area contributed by atoms with Gasteiger partial charge in [-0.2, -0.15) is 0 Å². The van der Waals surface area contributed by atoms with Crippen LogP contribution >= 0.6 is 0 Å². The van der Waals surface area contributed by atoms with Gasteiger partial charge in [-0.3, -0.25) is 9.97 Å². The summed E-state index contributed by atoms with van der Waals surface area (Å²) in [6, 6.07) is 6.12. The quantitative estimate of drug-likeness (QED) is 0.846. The van der Waals surface area contributed by atoms with Crippen LogP contribution < -0.4 is 10.6 Å². The van der Waals surface area contributed by atoms with Gasteiger partial charge in [-0.25, -0.2) is 0 Å². The highest BCUT2D eigenvalue weighted by Crippen LogP contribution is 2.14. The molecular formula is C14H18N4. The lowest BCUT2D eigenvalue weighted by Gasteiger charge is -2.10. The Balaban J connectivity index is 2.06. The maximum absolute atomic E-state index is 4.41. The van der Waals surface area contributed by atoms with Crippen molar-refractivity contribution in [3.05, 3.63) is 48.0 Å². The summed E-state index contributed by atoms with van der Waals surface area (Å²) < 4.78 is 0. The molecular weight excluding hydrogens is 224 g/mol. The zero-order valence-corrected chi connectivity index (χ0v) is 10.8. The molecule has 0 bridgehead atoms. The second-order valence-corrected chi connectivity index (χ2v) is 4.03. The summed E-state index contributed by atoms with van der Waals surface area (Å²) in [5, 5.41) is 6.42. The number of anilines is 2. The van der Waals surface area contributed by atoms with Crippen LogP contribution in [-0.2, 0) is 13.0 Å². The van der Waals surface area contributed by atoms with E-state index in [9.17, 15) is 0 Å². The van der Waals surface area contributed by atoms with Gasteiger partial charge < -0.3 is 10.6 Å². The lowest BCUT2D eigenvalue weighted by Crippen LogP contribution is -2.05. The average Bonchev–Trinajstić information content (AvgIpc) is 2.45. The second kappa shape index (κ2) is 6.00. The molecule has 0 unspecified atom stereocenters. The van der Waals surface area contributed by atoms with E-state index in [2.05, 4.69) is 33.6 Å². The van der Waals surface area contributed by atoms with E-state index < -0.39 is 0 Å². The predicted molar refractivity (Wildman–Crippen MR) is 74.7 cm³/mol. The predicted octanol–water partition coefficient (Wildman–Crippen LogP) is 2.69. The molecule has 0 saturated heterocycles. The van der Waals surface area contributed by atoms with Crippen molar-refractivity contribution in [2.24, 2.45) is 0 Å². The van der Waals surface area contributed by atoms with Crippen LogP contribution in [0.1, 0.15) is 18.2 Å². The highest BCUT2D eigenvalue weighted by molar-refractivity contribution is 5.53. The number of hydrogen-bond donors (Lipinski definition) is 2. The maximum atomic E-state index is 4.41. The summed E-state index contributed by atoms with van der Waals surface area (Å²) in [6.45, 7) is 2.86. The third kappa shape index (κ3) is 2.97. The molecule has 0 aliphatic carbocycles. The molecule has 0 amide bonds. The zero-order valence-electron chi connectivity index (χ0n) is 10.8. The van der Waals surface area contributed by atoms with Crippen LogP contribution in [0.5, 0.6) is 0 Å². The van der Waals surface area contributed by atoms with Crippen molar-refractivity contribution < 1.29 is 0 Å². The van der Waals surface area contributed by atoms with Gasteiger partial charge in [0.1, 0.15) is 0 Å². The molecule has 0 aliphatic rings. The topological polar surface area (TPSA) is 49.8 Å². The van der Waals surface area contributed by atoms with Crippen LogP contribution in [0, 0.1) is 0 Å². The van der Waals surface area contributed by atoms with E-state index in [1.807, 2.05) is 31.6 Å².